The number of carbonyl (C=O) groups excluding carboxylic acids is 1. The Bertz CT molecular complexity index is 725. The SMILES string of the molecule is O=C(N1CCC(C(=O)O)(C(F)(F)F)C1)C1(c2ccc(F)cc2)CCCCC1. The topological polar surface area (TPSA) is 57.6 Å². The van der Waals surface area contributed by atoms with Crippen LogP contribution in [0.5, 0.6) is 0 Å². The molecule has 1 heterocycles. The minimum absolute atomic E-state index is 0.256. The summed E-state index contributed by atoms with van der Waals surface area (Å²) in [4.78, 5) is 25.8. The molecule has 1 aliphatic heterocycles. The highest BCUT2D eigenvalue weighted by Gasteiger charge is 2.65. The number of carboxylic acid groups (broad SMARTS) is 1. The fraction of sp³-hybridized carbons (Fsp3) is 0.579. The van der Waals surface area contributed by atoms with Gasteiger partial charge in [0.1, 0.15) is 5.82 Å². The van der Waals surface area contributed by atoms with Crippen molar-refractivity contribution in [1.29, 1.82) is 0 Å². The molecule has 0 spiro atoms. The summed E-state index contributed by atoms with van der Waals surface area (Å²) in [5.74, 6) is -2.90. The highest BCUT2D eigenvalue weighted by molar-refractivity contribution is 5.90. The van der Waals surface area contributed by atoms with E-state index in [1.54, 1.807) is 0 Å². The normalized spacial score (nSPS) is 25.4. The Morgan fingerprint density at radius 1 is 1.00 bits per heavy atom. The molecule has 0 bridgehead atoms. The first kappa shape index (κ1) is 19.6. The van der Waals surface area contributed by atoms with Gasteiger partial charge in [0, 0.05) is 13.1 Å². The molecular weight excluding hydrogens is 366 g/mol. The predicted molar refractivity (Wildman–Crippen MR) is 88.5 cm³/mol. The van der Waals surface area contributed by atoms with Gasteiger partial charge < -0.3 is 10.0 Å². The van der Waals surface area contributed by atoms with E-state index < -0.39 is 47.7 Å². The third-order valence-electron chi connectivity index (χ3n) is 6.02. The number of carbonyl (C=O) groups is 2. The number of hydrogen-bond acceptors (Lipinski definition) is 2. The summed E-state index contributed by atoms with van der Waals surface area (Å²) in [5, 5.41) is 9.22. The van der Waals surface area contributed by atoms with E-state index in [9.17, 15) is 32.3 Å². The van der Waals surface area contributed by atoms with E-state index in [-0.39, 0.29) is 6.54 Å². The molecule has 0 aromatic heterocycles. The number of likely N-dealkylation sites (tertiary alicyclic amines) is 1. The van der Waals surface area contributed by atoms with Crippen molar-refractivity contribution in [1.82, 2.24) is 4.90 Å². The molecule has 1 N–H and O–H groups in total. The van der Waals surface area contributed by atoms with E-state index in [1.165, 1.54) is 24.3 Å². The van der Waals surface area contributed by atoms with Gasteiger partial charge in [-0.25, -0.2) is 4.39 Å². The van der Waals surface area contributed by atoms with Crippen LogP contribution in [0.3, 0.4) is 0 Å². The summed E-state index contributed by atoms with van der Waals surface area (Å²) in [6, 6.07) is 5.48. The third-order valence-corrected chi connectivity index (χ3v) is 6.02. The van der Waals surface area contributed by atoms with E-state index in [1.807, 2.05) is 0 Å². The van der Waals surface area contributed by atoms with Crippen LogP contribution in [0.25, 0.3) is 0 Å². The molecule has 1 amide bonds. The summed E-state index contributed by atoms with van der Waals surface area (Å²) in [5.41, 5.74) is -3.37. The maximum Gasteiger partial charge on any atom is 0.406 e. The Balaban J connectivity index is 1.94. The van der Waals surface area contributed by atoms with Crippen LogP contribution in [-0.4, -0.2) is 41.1 Å². The molecule has 3 rings (SSSR count). The molecule has 27 heavy (non-hydrogen) atoms. The molecule has 4 nitrogen and oxygen atoms in total. The van der Waals surface area contributed by atoms with Crippen LogP contribution in [0.1, 0.15) is 44.1 Å². The molecular formula is C19H21F4NO3. The van der Waals surface area contributed by atoms with Crippen molar-refractivity contribution in [2.24, 2.45) is 5.41 Å². The van der Waals surface area contributed by atoms with Crippen molar-refractivity contribution in [3.63, 3.8) is 0 Å². The van der Waals surface area contributed by atoms with Gasteiger partial charge in [-0.2, -0.15) is 13.2 Å². The van der Waals surface area contributed by atoms with Crippen molar-refractivity contribution in [3.05, 3.63) is 35.6 Å². The first-order valence-corrected chi connectivity index (χ1v) is 8.98. The van der Waals surface area contributed by atoms with Crippen LogP contribution >= 0.6 is 0 Å². The Morgan fingerprint density at radius 2 is 1.59 bits per heavy atom. The van der Waals surface area contributed by atoms with Crippen molar-refractivity contribution >= 4 is 11.9 Å². The first-order valence-electron chi connectivity index (χ1n) is 8.98. The number of hydrogen-bond donors (Lipinski definition) is 1. The summed E-state index contributed by atoms with van der Waals surface area (Å²) >= 11 is 0. The number of nitrogens with zero attached hydrogens (tertiary/aromatic N) is 1. The number of carboxylic acids is 1. The average Bonchev–Trinajstić information content (AvgIpc) is 3.09. The number of amides is 1. The Labute approximate surface area is 154 Å². The van der Waals surface area contributed by atoms with E-state index >= 15 is 0 Å². The van der Waals surface area contributed by atoms with E-state index in [2.05, 4.69) is 0 Å². The highest BCUT2D eigenvalue weighted by Crippen LogP contribution is 2.48. The number of alkyl halides is 3. The second-order valence-electron chi connectivity index (χ2n) is 7.51. The molecule has 1 unspecified atom stereocenters. The van der Waals surface area contributed by atoms with Gasteiger partial charge >= 0.3 is 12.1 Å². The van der Waals surface area contributed by atoms with E-state index in [4.69, 9.17) is 0 Å². The number of benzene rings is 1. The van der Waals surface area contributed by atoms with Crippen LogP contribution in [0.15, 0.2) is 24.3 Å². The van der Waals surface area contributed by atoms with Gasteiger partial charge in [0.15, 0.2) is 5.41 Å². The highest BCUT2D eigenvalue weighted by atomic mass is 19.4. The lowest BCUT2D eigenvalue weighted by atomic mass is 9.68. The molecule has 8 heteroatoms. The maximum absolute atomic E-state index is 13.4. The van der Waals surface area contributed by atoms with E-state index in [0.29, 0.717) is 18.4 Å². The van der Waals surface area contributed by atoms with Crippen LogP contribution in [0.2, 0.25) is 0 Å². The minimum Gasteiger partial charge on any atom is -0.481 e. The van der Waals surface area contributed by atoms with Crippen LogP contribution in [-0.2, 0) is 15.0 Å². The number of aliphatic carboxylic acids is 1. The van der Waals surface area contributed by atoms with Gasteiger partial charge in [0.2, 0.25) is 5.91 Å². The fourth-order valence-electron chi connectivity index (χ4n) is 4.36. The lowest BCUT2D eigenvalue weighted by Crippen LogP contribution is -2.51. The van der Waals surface area contributed by atoms with Crippen LogP contribution in [0, 0.1) is 11.2 Å². The van der Waals surface area contributed by atoms with E-state index in [0.717, 1.165) is 24.2 Å². The number of halogens is 4. The smallest absolute Gasteiger partial charge is 0.406 e. The Morgan fingerprint density at radius 3 is 2.07 bits per heavy atom. The van der Waals surface area contributed by atoms with Gasteiger partial charge in [-0.1, -0.05) is 31.4 Å². The van der Waals surface area contributed by atoms with Gasteiger partial charge in [0.05, 0.1) is 5.41 Å². The maximum atomic E-state index is 13.4. The van der Waals surface area contributed by atoms with Crippen LogP contribution < -0.4 is 0 Å². The summed E-state index contributed by atoms with van der Waals surface area (Å²) in [6.07, 6.45) is -2.29. The molecule has 1 aromatic carbocycles. The van der Waals surface area contributed by atoms with Gasteiger partial charge in [0.25, 0.3) is 0 Å². The average molecular weight is 387 g/mol. The molecule has 1 aromatic rings. The second kappa shape index (κ2) is 6.80. The molecule has 1 aliphatic carbocycles. The van der Waals surface area contributed by atoms with Crippen molar-refractivity contribution in [2.75, 3.05) is 13.1 Å². The van der Waals surface area contributed by atoms with Gasteiger partial charge in [-0.15, -0.1) is 0 Å². The molecule has 1 saturated heterocycles. The quantitative estimate of drug-likeness (QED) is 0.801. The molecule has 1 saturated carbocycles. The Kier molecular flexibility index (Phi) is 4.94. The monoisotopic (exact) mass is 387 g/mol. The molecule has 2 aliphatic rings. The standard InChI is InChI=1S/C19H21F4NO3/c20-14-6-4-13(5-7-14)17(8-2-1-3-9-17)15(25)24-11-10-18(12-24,16(26)27)19(21,22)23/h4-7H,1-3,8-12H2,(H,26,27). The third kappa shape index (κ3) is 3.19. The zero-order valence-electron chi connectivity index (χ0n) is 14.7. The fourth-order valence-corrected chi connectivity index (χ4v) is 4.36. The van der Waals surface area contributed by atoms with Crippen LogP contribution in [0.4, 0.5) is 17.6 Å². The lowest BCUT2D eigenvalue weighted by molar-refractivity contribution is -0.227. The molecule has 2 fully saturated rings. The predicted octanol–water partition coefficient (Wildman–Crippen LogP) is 3.89. The van der Waals surface area contributed by atoms with Crippen molar-refractivity contribution < 1.29 is 32.3 Å². The second-order valence-corrected chi connectivity index (χ2v) is 7.51. The molecule has 0 radical (unpaired) electrons. The van der Waals surface area contributed by atoms with Gasteiger partial charge in [-0.05, 0) is 37.0 Å². The largest absolute Gasteiger partial charge is 0.481 e. The van der Waals surface area contributed by atoms with Gasteiger partial charge in [-0.3, -0.25) is 9.59 Å². The summed E-state index contributed by atoms with van der Waals surface area (Å²) in [6.45, 7) is -1.14. The molecule has 148 valence electrons. The number of rotatable bonds is 3. The van der Waals surface area contributed by atoms with Crippen molar-refractivity contribution in [2.45, 2.75) is 50.1 Å². The Hall–Kier alpha value is -2.12. The minimum atomic E-state index is -4.94. The van der Waals surface area contributed by atoms with Crippen molar-refractivity contribution in [3.8, 4) is 0 Å². The zero-order valence-corrected chi connectivity index (χ0v) is 14.7. The first-order chi connectivity index (χ1) is 12.6. The summed E-state index contributed by atoms with van der Waals surface area (Å²) < 4.78 is 53.7. The summed E-state index contributed by atoms with van der Waals surface area (Å²) in [7, 11) is 0. The lowest BCUT2D eigenvalue weighted by Gasteiger charge is -2.39. The zero-order chi connectivity index (χ0) is 19.9. The molecule has 1 atom stereocenters.